The summed E-state index contributed by atoms with van der Waals surface area (Å²) in [5.41, 5.74) is 11.3. The van der Waals surface area contributed by atoms with Gasteiger partial charge in [-0.25, -0.2) is 0 Å². The summed E-state index contributed by atoms with van der Waals surface area (Å²) in [6.07, 6.45) is 4.81. The Hall–Kier alpha value is -2.25. The van der Waals surface area contributed by atoms with E-state index in [4.69, 9.17) is 11.6 Å². The third-order valence-electron chi connectivity index (χ3n) is 9.44. The van der Waals surface area contributed by atoms with Gasteiger partial charge in [0.25, 0.3) is 0 Å². The van der Waals surface area contributed by atoms with E-state index in [1.165, 1.54) is 64.9 Å². The standard InChI is InChI=1S/C35H44ClN/c1-23-19-24(36)21-26(20-23)37(25-13-14-27-29(22-25)34(6,7)16-15-32(27,2)3)30-12-10-11-28-31(30)35(8,9)18-17-33(28,4)5/h10-14,19-22H,15-18H2,1-9H3. The molecule has 0 heterocycles. The zero-order valence-electron chi connectivity index (χ0n) is 24.3. The number of aryl methyl sites for hydroxylation is 1. The third-order valence-corrected chi connectivity index (χ3v) is 9.66. The number of benzene rings is 3. The predicted octanol–water partition coefficient (Wildman–Crippen LogP) is 10.8. The molecule has 37 heavy (non-hydrogen) atoms. The molecule has 2 aliphatic carbocycles. The van der Waals surface area contributed by atoms with Gasteiger partial charge in [-0.3, -0.25) is 0 Å². The molecule has 3 aromatic rings. The summed E-state index contributed by atoms with van der Waals surface area (Å²) in [6, 6.07) is 20.6. The van der Waals surface area contributed by atoms with Gasteiger partial charge in [0, 0.05) is 16.4 Å². The van der Waals surface area contributed by atoms with Gasteiger partial charge in [0.15, 0.2) is 0 Å². The van der Waals surface area contributed by atoms with Crippen LogP contribution in [-0.2, 0) is 21.7 Å². The molecule has 0 unspecified atom stereocenters. The van der Waals surface area contributed by atoms with Gasteiger partial charge in [0.05, 0.1) is 5.69 Å². The minimum atomic E-state index is 0.0861. The van der Waals surface area contributed by atoms with Gasteiger partial charge in [-0.1, -0.05) is 85.2 Å². The van der Waals surface area contributed by atoms with Gasteiger partial charge in [-0.2, -0.15) is 0 Å². The van der Waals surface area contributed by atoms with E-state index in [1.807, 2.05) is 0 Å². The van der Waals surface area contributed by atoms with Gasteiger partial charge in [-0.15, -0.1) is 0 Å². The number of rotatable bonds is 3. The molecule has 0 saturated heterocycles. The van der Waals surface area contributed by atoms with Crippen LogP contribution >= 0.6 is 11.6 Å². The van der Waals surface area contributed by atoms with Crippen LogP contribution in [0.3, 0.4) is 0 Å². The van der Waals surface area contributed by atoms with Gasteiger partial charge >= 0.3 is 0 Å². The first kappa shape index (κ1) is 26.4. The first-order chi connectivity index (χ1) is 17.1. The van der Waals surface area contributed by atoms with Gasteiger partial charge in [-0.05, 0) is 118 Å². The van der Waals surface area contributed by atoms with Crippen LogP contribution in [0.5, 0.6) is 0 Å². The Balaban J connectivity index is 1.82. The average Bonchev–Trinajstić information content (AvgIpc) is 2.80. The van der Waals surface area contributed by atoms with Crippen molar-refractivity contribution in [2.75, 3.05) is 4.90 Å². The number of halogens is 1. The largest absolute Gasteiger partial charge is 0.310 e. The highest BCUT2D eigenvalue weighted by Gasteiger charge is 2.41. The second kappa shape index (κ2) is 8.63. The Morgan fingerprint density at radius 1 is 0.595 bits per heavy atom. The highest BCUT2D eigenvalue weighted by Crippen LogP contribution is 2.53. The van der Waals surface area contributed by atoms with Crippen molar-refractivity contribution in [3.05, 3.63) is 87.4 Å². The Labute approximate surface area is 230 Å². The summed E-state index contributed by atoms with van der Waals surface area (Å²) in [4.78, 5) is 2.48. The number of anilines is 3. The fraction of sp³-hybridized carbons (Fsp3) is 0.486. The molecule has 5 rings (SSSR count). The van der Waals surface area contributed by atoms with Crippen molar-refractivity contribution in [2.24, 2.45) is 0 Å². The molecule has 0 atom stereocenters. The monoisotopic (exact) mass is 513 g/mol. The van der Waals surface area contributed by atoms with E-state index < -0.39 is 0 Å². The van der Waals surface area contributed by atoms with E-state index in [1.54, 1.807) is 0 Å². The van der Waals surface area contributed by atoms with Crippen LogP contribution in [0, 0.1) is 6.92 Å². The van der Waals surface area contributed by atoms with Gasteiger partial charge in [0.2, 0.25) is 0 Å². The first-order valence-electron chi connectivity index (χ1n) is 14.0. The molecule has 196 valence electrons. The lowest BCUT2D eigenvalue weighted by Crippen LogP contribution is -2.35. The fourth-order valence-corrected chi connectivity index (χ4v) is 7.16. The van der Waals surface area contributed by atoms with Crippen molar-refractivity contribution in [2.45, 2.75) is 110 Å². The molecular formula is C35H44ClN. The Morgan fingerprint density at radius 3 is 1.84 bits per heavy atom. The molecule has 2 aliphatic rings. The van der Waals surface area contributed by atoms with E-state index in [-0.39, 0.29) is 21.7 Å². The molecule has 1 nitrogen and oxygen atoms in total. The number of nitrogens with zero attached hydrogens (tertiary/aromatic N) is 1. The summed E-state index contributed by atoms with van der Waals surface area (Å²) < 4.78 is 0. The lowest BCUT2D eigenvalue weighted by molar-refractivity contribution is 0.331. The van der Waals surface area contributed by atoms with Crippen LogP contribution in [-0.4, -0.2) is 0 Å². The molecule has 2 heteroatoms. The number of hydrogen-bond acceptors (Lipinski definition) is 1. The minimum Gasteiger partial charge on any atom is -0.310 e. The average molecular weight is 514 g/mol. The molecule has 0 bridgehead atoms. The molecule has 0 radical (unpaired) electrons. The Bertz CT molecular complexity index is 1340. The highest BCUT2D eigenvalue weighted by molar-refractivity contribution is 6.31. The van der Waals surface area contributed by atoms with Gasteiger partial charge < -0.3 is 4.90 Å². The van der Waals surface area contributed by atoms with Crippen molar-refractivity contribution < 1.29 is 0 Å². The topological polar surface area (TPSA) is 3.24 Å². The summed E-state index contributed by atoms with van der Waals surface area (Å²) in [5.74, 6) is 0. The van der Waals surface area contributed by atoms with Crippen molar-refractivity contribution in [1.82, 2.24) is 0 Å². The maximum absolute atomic E-state index is 6.69. The molecule has 0 spiro atoms. The normalized spacial score (nSPS) is 20.6. The third kappa shape index (κ3) is 4.52. The predicted molar refractivity (Wildman–Crippen MR) is 161 cm³/mol. The summed E-state index contributed by atoms with van der Waals surface area (Å²) >= 11 is 6.69. The molecule has 0 aromatic heterocycles. The van der Waals surface area contributed by atoms with Crippen molar-refractivity contribution >= 4 is 28.7 Å². The Kier molecular flexibility index (Phi) is 6.15. The van der Waals surface area contributed by atoms with Crippen LogP contribution in [0.2, 0.25) is 5.02 Å². The zero-order valence-corrected chi connectivity index (χ0v) is 25.1. The zero-order chi connectivity index (χ0) is 27.0. The minimum absolute atomic E-state index is 0.0861. The van der Waals surface area contributed by atoms with E-state index in [0.717, 1.165) is 10.7 Å². The van der Waals surface area contributed by atoms with E-state index >= 15 is 0 Å². The van der Waals surface area contributed by atoms with Crippen LogP contribution in [0.25, 0.3) is 0 Å². The summed E-state index contributed by atoms with van der Waals surface area (Å²) in [6.45, 7) is 21.4. The van der Waals surface area contributed by atoms with Crippen molar-refractivity contribution in [3.63, 3.8) is 0 Å². The Morgan fingerprint density at radius 2 is 1.19 bits per heavy atom. The molecule has 0 amide bonds. The first-order valence-corrected chi connectivity index (χ1v) is 14.4. The smallest absolute Gasteiger partial charge is 0.0502 e. The molecule has 0 saturated carbocycles. The van der Waals surface area contributed by atoms with Crippen molar-refractivity contribution in [3.8, 4) is 0 Å². The number of fused-ring (bicyclic) bond motifs is 2. The van der Waals surface area contributed by atoms with Crippen LogP contribution in [0.4, 0.5) is 17.1 Å². The second-order valence-electron chi connectivity index (χ2n) is 14.3. The lowest BCUT2D eigenvalue weighted by atomic mass is 9.62. The maximum Gasteiger partial charge on any atom is 0.0502 e. The maximum atomic E-state index is 6.69. The highest BCUT2D eigenvalue weighted by atomic mass is 35.5. The van der Waals surface area contributed by atoms with E-state index in [9.17, 15) is 0 Å². The van der Waals surface area contributed by atoms with Crippen LogP contribution in [0.15, 0.2) is 54.6 Å². The summed E-state index contributed by atoms with van der Waals surface area (Å²) in [5, 5.41) is 0.781. The van der Waals surface area contributed by atoms with Crippen LogP contribution in [0.1, 0.15) is 109 Å². The summed E-state index contributed by atoms with van der Waals surface area (Å²) in [7, 11) is 0. The SMILES string of the molecule is Cc1cc(Cl)cc(N(c2ccc3c(c2)C(C)(C)CCC3(C)C)c2cccc3c2C(C)(C)CCC3(C)C)c1. The lowest BCUT2D eigenvalue weighted by Gasteiger charge is -2.45. The molecular weight excluding hydrogens is 470 g/mol. The molecule has 0 N–H and O–H groups in total. The van der Waals surface area contributed by atoms with Gasteiger partial charge in [0.1, 0.15) is 0 Å². The van der Waals surface area contributed by atoms with E-state index in [0.29, 0.717) is 0 Å². The molecule has 3 aromatic carbocycles. The second-order valence-corrected chi connectivity index (χ2v) is 14.7. The van der Waals surface area contributed by atoms with Crippen molar-refractivity contribution in [1.29, 1.82) is 0 Å². The van der Waals surface area contributed by atoms with E-state index in [2.05, 4.69) is 122 Å². The number of hydrogen-bond donors (Lipinski definition) is 0. The quantitative estimate of drug-likeness (QED) is 0.336. The molecule has 0 aliphatic heterocycles. The fourth-order valence-electron chi connectivity index (χ4n) is 6.88. The van der Waals surface area contributed by atoms with Crippen LogP contribution < -0.4 is 4.90 Å². The molecule has 0 fully saturated rings.